The molecule has 1 aromatic carbocycles. The molecule has 2 heterocycles. The topological polar surface area (TPSA) is 45.2 Å². The summed E-state index contributed by atoms with van der Waals surface area (Å²) >= 11 is 5.21. The number of thioether (sulfide) groups is 1. The van der Waals surface area contributed by atoms with Gasteiger partial charge in [0.2, 0.25) is 0 Å². The quantitative estimate of drug-likeness (QED) is 0.823. The number of rotatable bonds is 4. The molecule has 4 nitrogen and oxygen atoms in total. The van der Waals surface area contributed by atoms with Crippen molar-refractivity contribution in [1.29, 1.82) is 0 Å². The van der Waals surface area contributed by atoms with Gasteiger partial charge in [-0.25, -0.2) is 4.98 Å². The van der Waals surface area contributed by atoms with E-state index in [9.17, 15) is 4.79 Å². The van der Waals surface area contributed by atoms with Gasteiger partial charge in [0.05, 0.1) is 10.6 Å². The molecule has 1 aliphatic heterocycles. The minimum Gasteiger partial charge on any atom is -0.306 e. The third-order valence-electron chi connectivity index (χ3n) is 4.04. The van der Waals surface area contributed by atoms with Crippen LogP contribution in [0.25, 0.3) is 0 Å². The minimum absolute atomic E-state index is 0.156. The van der Waals surface area contributed by atoms with E-state index in [4.69, 9.17) is 0 Å². The molecule has 0 bridgehead atoms. The maximum absolute atomic E-state index is 12.4. The van der Waals surface area contributed by atoms with Crippen LogP contribution in [0.3, 0.4) is 0 Å². The summed E-state index contributed by atoms with van der Waals surface area (Å²) in [6, 6.07) is 13.2. The lowest BCUT2D eigenvalue weighted by Crippen LogP contribution is -2.31. The fraction of sp³-hybridized carbons (Fsp3) is 0.333. The Balaban J connectivity index is 1.65. The normalized spacial score (nSPS) is 16.1. The average molecular weight is 406 g/mol. The van der Waals surface area contributed by atoms with Gasteiger partial charge >= 0.3 is 0 Å². The number of nitrogens with zero attached hydrogens (tertiary/aromatic N) is 2. The smallest absolute Gasteiger partial charge is 0.257 e. The van der Waals surface area contributed by atoms with Gasteiger partial charge in [0, 0.05) is 9.72 Å². The van der Waals surface area contributed by atoms with Crippen LogP contribution in [0.4, 0.5) is 5.82 Å². The van der Waals surface area contributed by atoms with Crippen molar-refractivity contribution in [2.45, 2.75) is 23.1 Å². The third-order valence-corrected chi connectivity index (χ3v) is 6.00. The van der Waals surface area contributed by atoms with E-state index in [0.29, 0.717) is 16.6 Å². The lowest BCUT2D eigenvalue weighted by molar-refractivity contribution is 0.102. The molecule has 1 saturated heterocycles. The number of hydrogen-bond acceptors (Lipinski definition) is 4. The van der Waals surface area contributed by atoms with Crippen molar-refractivity contribution in [3.63, 3.8) is 0 Å². The SMILES string of the molecule is CN1CCC(Sc2cccc(NC(=O)c3ccccc3Br)n2)CC1. The second-order valence-electron chi connectivity index (χ2n) is 5.92. The first-order chi connectivity index (χ1) is 11.6. The van der Waals surface area contributed by atoms with Gasteiger partial charge in [-0.15, -0.1) is 11.8 Å². The Morgan fingerprint density at radius 3 is 2.71 bits per heavy atom. The molecule has 126 valence electrons. The van der Waals surface area contributed by atoms with Crippen molar-refractivity contribution >= 4 is 39.4 Å². The first kappa shape index (κ1) is 17.5. The highest BCUT2D eigenvalue weighted by molar-refractivity contribution is 9.10. The summed E-state index contributed by atoms with van der Waals surface area (Å²) in [6.45, 7) is 2.27. The number of benzene rings is 1. The van der Waals surface area contributed by atoms with Crippen molar-refractivity contribution < 1.29 is 4.79 Å². The van der Waals surface area contributed by atoms with Crippen molar-refractivity contribution in [2.75, 3.05) is 25.5 Å². The van der Waals surface area contributed by atoms with Gasteiger partial charge in [0.1, 0.15) is 5.82 Å². The van der Waals surface area contributed by atoms with Gasteiger partial charge in [0.25, 0.3) is 5.91 Å². The van der Waals surface area contributed by atoms with Gasteiger partial charge in [-0.05, 0) is 73.2 Å². The van der Waals surface area contributed by atoms with E-state index in [-0.39, 0.29) is 5.91 Å². The number of nitrogens with one attached hydrogen (secondary N) is 1. The number of likely N-dealkylation sites (tertiary alicyclic amines) is 1. The predicted octanol–water partition coefficient (Wildman–Crippen LogP) is 4.28. The number of carbonyl (C=O) groups excluding carboxylic acids is 1. The number of piperidine rings is 1. The molecule has 0 radical (unpaired) electrons. The van der Waals surface area contributed by atoms with Crippen LogP contribution in [0, 0.1) is 0 Å². The van der Waals surface area contributed by atoms with E-state index in [2.05, 4.69) is 38.2 Å². The molecule has 0 unspecified atom stereocenters. The highest BCUT2D eigenvalue weighted by Gasteiger charge is 2.18. The number of halogens is 1. The van der Waals surface area contributed by atoms with Gasteiger partial charge in [-0.2, -0.15) is 0 Å². The Labute approximate surface area is 155 Å². The molecule has 1 amide bonds. The summed E-state index contributed by atoms with van der Waals surface area (Å²) in [5.41, 5.74) is 0.604. The molecule has 1 N–H and O–H groups in total. The van der Waals surface area contributed by atoms with Crippen LogP contribution in [0.1, 0.15) is 23.2 Å². The molecule has 1 fully saturated rings. The monoisotopic (exact) mass is 405 g/mol. The minimum atomic E-state index is -0.156. The number of anilines is 1. The van der Waals surface area contributed by atoms with Crippen LogP contribution in [0.2, 0.25) is 0 Å². The third kappa shape index (κ3) is 4.59. The maximum atomic E-state index is 12.4. The maximum Gasteiger partial charge on any atom is 0.257 e. The van der Waals surface area contributed by atoms with Crippen LogP contribution >= 0.6 is 27.7 Å². The zero-order valence-electron chi connectivity index (χ0n) is 13.5. The van der Waals surface area contributed by atoms with Crippen molar-refractivity contribution in [3.8, 4) is 0 Å². The molecule has 0 spiro atoms. The molecule has 24 heavy (non-hydrogen) atoms. The average Bonchev–Trinajstić information content (AvgIpc) is 2.58. The predicted molar refractivity (Wildman–Crippen MR) is 103 cm³/mol. The number of pyridine rings is 1. The molecular weight excluding hydrogens is 386 g/mol. The van der Waals surface area contributed by atoms with E-state index >= 15 is 0 Å². The van der Waals surface area contributed by atoms with E-state index < -0.39 is 0 Å². The van der Waals surface area contributed by atoms with E-state index in [1.165, 1.54) is 12.8 Å². The molecule has 0 aliphatic carbocycles. The highest BCUT2D eigenvalue weighted by atomic mass is 79.9. The molecule has 0 atom stereocenters. The first-order valence-electron chi connectivity index (χ1n) is 8.00. The van der Waals surface area contributed by atoms with E-state index in [1.807, 2.05) is 48.2 Å². The summed E-state index contributed by atoms with van der Waals surface area (Å²) in [5, 5.41) is 4.45. The Bertz CT molecular complexity index is 717. The van der Waals surface area contributed by atoms with Crippen LogP contribution in [0.5, 0.6) is 0 Å². The summed E-state index contributed by atoms with van der Waals surface area (Å²) in [6.07, 6.45) is 2.35. The van der Waals surface area contributed by atoms with Crippen LogP contribution in [0.15, 0.2) is 52.0 Å². The second kappa shape index (κ2) is 8.14. The number of carbonyl (C=O) groups is 1. The first-order valence-corrected chi connectivity index (χ1v) is 9.67. The standard InChI is InChI=1S/C18H20BrN3OS/c1-22-11-9-13(10-12-22)24-17-8-4-7-16(20-17)21-18(23)14-5-2-3-6-15(14)19/h2-8,13H,9-12H2,1H3,(H,20,21,23). The lowest BCUT2D eigenvalue weighted by atomic mass is 10.1. The van der Waals surface area contributed by atoms with E-state index in [0.717, 1.165) is 22.6 Å². The Morgan fingerprint density at radius 1 is 1.21 bits per heavy atom. The van der Waals surface area contributed by atoms with Gasteiger partial charge in [0.15, 0.2) is 0 Å². The van der Waals surface area contributed by atoms with Crippen LogP contribution in [-0.4, -0.2) is 41.2 Å². The van der Waals surface area contributed by atoms with Crippen molar-refractivity contribution in [2.24, 2.45) is 0 Å². The van der Waals surface area contributed by atoms with Gasteiger partial charge < -0.3 is 10.2 Å². The van der Waals surface area contributed by atoms with Crippen LogP contribution in [-0.2, 0) is 0 Å². The molecule has 1 aliphatic rings. The van der Waals surface area contributed by atoms with Crippen LogP contribution < -0.4 is 5.32 Å². The number of aromatic nitrogens is 1. The molecular formula is C18H20BrN3OS. The van der Waals surface area contributed by atoms with Gasteiger partial charge in [-0.3, -0.25) is 4.79 Å². The second-order valence-corrected chi connectivity index (χ2v) is 8.09. The Kier molecular flexibility index (Phi) is 5.92. The molecule has 0 saturated carbocycles. The summed E-state index contributed by atoms with van der Waals surface area (Å²) < 4.78 is 0.777. The summed E-state index contributed by atoms with van der Waals surface area (Å²) in [5.74, 6) is 0.435. The van der Waals surface area contributed by atoms with Gasteiger partial charge in [-0.1, -0.05) is 18.2 Å². The summed E-state index contributed by atoms with van der Waals surface area (Å²) in [4.78, 5) is 19.3. The fourth-order valence-electron chi connectivity index (χ4n) is 2.65. The largest absolute Gasteiger partial charge is 0.306 e. The molecule has 3 rings (SSSR count). The Morgan fingerprint density at radius 2 is 1.96 bits per heavy atom. The number of amides is 1. The molecule has 1 aromatic heterocycles. The zero-order chi connectivity index (χ0) is 16.9. The molecule has 6 heteroatoms. The highest BCUT2D eigenvalue weighted by Crippen LogP contribution is 2.29. The van der Waals surface area contributed by atoms with Crippen molar-refractivity contribution in [1.82, 2.24) is 9.88 Å². The fourth-order valence-corrected chi connectivity index (χ4v) is 4.21. The molecule has 2 aromatic rings. The zero-order valence-corrected chi connectivity index (χ0v) is 15.9. The van der Waals surface area contributed by atoms with E-state index in [1.54, 1.807) is 6.07 Å². The Hall–Kier alpha value is -1.37. The summed E-state index contributed by atoms with van der Waals surface area (Å²) in [7, 11) is 2.16. The van der Waals surface area contributed by atoms with Crippen molar-refractivity contribution in [3.05, 3.63) is 52.5 Å². The lowest BCUT2D eigenvalue weighted by Gasteiger charge is -2.28. The number of hydrogen-bond donors (Lipinski definition) is 1.